The van der Waals surface area contributed by atoms with Crippen molar-refractivity contribution in [3.63, 3.8) is 0 Å². The Morgan fingerprint density at radius 3 is 2.54 bits per heavy atom. The molecule has 0 amide bonds. The summed E-state index contributed by atoms with van der Waals surface area (Å²) in [6.07, 6.45) is 1.44. The number of ketones is 1. The molecular weight excluding hydrogens is 694 g/mol. The van der Waals surface area contributed by atoms with Gasteiger partial charge in [-0.25, -0.2) is 27.6 Å². The van der Waals surface area contributed by atoms with Crippen LogP contribution < -0.4 is 14.6 Å². The predicted octanol–water partition coefficient (Wildman–Crippen LogP) is 3.37. The van der Waals surface area contributed by atoms with Gasteiger partial charge < -0.3 is 24.1 Å². The number of aliphatic hydroxyl groups is 1. The molecule has 5 aromatic rings. The number of rotatable bonds is 18. The van der Waals surface area contributed by atoms with Crippen molar-refractivity contribution in [3.05, 3.63) is 95.6 Å². The van der Waals surface area contributed by atoms with Gasteiger partial charge in [0, 0.05) is 12.8 Å². The van der Waals surface area contributed by atoms with Crippen LogP contribution in [-0.2, 0) is 48.7 Å². The van der Waals surface area contributed by atoms with Crippen LogP contribution in [0.25, 0.3) is 10.2 Å². The highest BCUT2D eigenvalue weighted by molar-refractivity contribution is 7.91. The zero-order valence-corrected chi connectivity index (χ0v) is 28.4. The molecule has 0 saturated carbocycles. The van der Waals surface area contributed by atoms with Crippen molar-refractivity contribution in [2.75, 3.05) is 26.9 Å². The number of methoxy groups -OCH3 is 1. The second-order valence-electron chi connectivity index (χ2n) is 11.1. The van der Waals surface area contributed by atoms with E-state index in [2.05, 4.69) is 15.3 Å². The Morgan fingerprint density at radius 2 is 1.80 bits per heavy atom. The lowest BCUT2D eigenvalue weighted by Crippen LogP contribution is -2.30. The maximum atomic E-state index is 13.9. The van der Waals surface area contributed by atoms with Gasteiger partial charge in [0.15, 0.2) is 5.78 Å². The average molecular weight is 728 g/mol. The van der Waals surface area contributed by atoms with Gasteiger partial charge in [-0.3, -0.25) is 9.59 Å². The molecule has 2 heterocycles. The molecule has 17 heteroatoms. The van der Waals surface area contributed by atoms with Gasteiger partial charge in [-0.15, -0.1) is 16.4 Å². The number of hydrogen-bond acceptors (Lipinski definition) is 13. The van der Waals surface area contributed by atoms with Crippen molar-refractivity contribution in [3.8, 4) is 11.5 Å². The highest BCUT2D eigenvalue weighted by atomic mass is 32.2. The summed E-state index contributed by atoms with van der Waals surface area (Å²) in [4.78, 5) is 30.6. The highest BCUT2D eigenvalue weighted by Gasteiger charge is 2.30. The lowest BCUT2D eigenvalue weighted by atomic mass is 9.95. The summed E-state index contributed by atoms with van der Waals surface area (Å²) in [5.41, 5.74) is 2.26. The molecule has 0 unspecified atom stereocenters. The van der Waals surface area contributed by atoms with Gasteiger partial charge in [0.2, 0.25) is 4.34 Å². The van der Waals surface area contributed by atoms with Gasteiger partial charge in [0.05, 0.1) is 49.3 Å². The van der Waals surface area contributed by atoms with Crippen molar-refractivity contribution in [2.24, 2.45) is 11.1 Å². The number of carbonyl (C=O) groups excluding carboxylic acids is 2. The van der Waals surface area contributed by atoms with Crippen LogP contribution in [-0.4, -0.2) is 72.2 Å². The van der Waals surface area contributed by atoms with Crippen LogP contribution >= 0.6 is 11.3 Å². The number of fused-ring (bicyclic) bond motifs is 1. The second kappa shape index (κ2) is 16.7. The molecule has 3 aromatic carbocycles. The zero-order valence-electron chi connectivity index (χ0n) is 26.8. The first-order valence-corrected chi connectivity index (χ1v) is 17.6. The van der Waals surface area contributed by atoms with E-state index in [-0.39, 0.29) is 56.0 Å². The van der Waals surface area contributed by atoms with Crippen molar-refractivity contribution < 1.29 is 46.5 Å². The number of carbonyl (C=O) groups is 2. The Bertz CT molecular complexity index is 2040. The predicted molar refractivity (Wildman–Crippen MR) is 178 cm³/mol. The lowest BCUT2D eigenvalue weighted by Gasteiger charge is -2.20. The molecule has 2 atom stereocenters. The van der Waals surface area contributed by atoms with Gasteiger partial charge in [0.25, 0.3) is 10.0 Å². The molecule has 0 spiro atoms. The number of nitrogens with zero attached hydrogens (tertiary/aromatic N) is 4. The molecule has 0 fully saturated rings. The maximum absolute atomic E-state index is 13.9. The van der Waals surface area contributed by atoms with Crippen molar-refractivity contribution in [1.29, 1.82) is 0 Å². The number of hydrogen-bond donors (Lipinski definition) is 2. The number of sulfonamides is 1. The SMILES string of the molecule is COC(=O)[C@H](COCc1cccc(OCCO)c1)CC(=O)[C@H](Cc1ccc(F)cc1)n1cc(COc2ccc3nc(S(N)(=O)=O)sc3c2)nn1. The fourth-order valence-electron chi connectivity index (χ4n) is 4.95. The zero-order chi connectivity index (χ0) is 35.7. The molecular formula is C33H34FN5O9S2. The number of aromatic nitrogens is 4. The molecule has 0 radical (unpaired) electrons. The van der Waals surface area contributed by atoms with Gasteiger partial charge in [-0.2, -0.15) is 0 Å². The van der Waals surface area contributed by atoms with E-state index in [1.54, 1.807) is 54.7 Å². The maximum Gasteiger partial charge on any atom is 0.311 e. The van der Waals surface area contributed by atoms with Gasteiger partial charge in [-0.05, 0) is 53.6 Å². The number of benzene rings is 3. The summed E-state index contributed by atoms with van der Waals surface area (Å²) >= 11 is 0.916. The van der Waals surface area contributed by atoms with E-state index >= 15 is 0 Å². The van der Waals surface area contributed by atoms with E-state index in [0.717, 1.165) is 16.9 Å². The Labute approximate surface area is 290 Å². The first-order valence-electron chi connectivity index (χ1n) is 15.2. The first kappa shape index (κ1) is 36.5. The summed E-state index contributed by atoms with van der Waals surface area (Å²) in [6.45, 7) is 0.00995. The minimum Gasteiger partial charge on any atom is -0.491 e. The molecule has 0 aliphatic carbocycles. The van der Waals surface area contributed by atoms with Crippen LogP contribution in [0.1, 0.15) is 29.3 Å². The fourth-order valence-corrected chi connectivity index (χ4v) is 6.63. The Kier molecular flexibility index (Phi) is 12.2. The van der Waals surface area contributed by atoms with E-state index in [1.807, 2.05) is 6.07 Å². The van der Waals surface area contributed by atoms with E-state index < -0.39 is 33.8 Å². The third-order valence-electron chi connectivity index (χ3n) is 7.39. The number of thiazole rings is 1. The molecule has 5 rings (SSSR count). The molecule has 0 bridgehead atoms. The van der Waals surface area contributed by atoms with Crippen LogP contribution in [0.15, 0.2) is 77.3 Å². The molecule has 14 nitrogen and oxygen atoms in total. The number of nitrogens with two attached hydrogens (primary N) is 1. The number of ether oxygens (including phenoxy) is 4. The minimum absolute atomic E-state index is 0.0331. The number of esters is 1. The van der Waals surface area contributed by atoms with Crippen molar-refractivity contribution in [1.82, 2.24) is 20.0 Å². The first-order chi connectivity index (χ1) is 24.0. The topological polar surface area (TPSA) is 195 Å². The average Bonchev–Trinajstić information content (AvgIpc) is 3.76. The summed E-state index contributed by atoms with van der Waals surface area (Å²) in [5.74, 6) is -1.36. The van der Waals surface area contributed by atoms with E-state index in [0.29, 0.717) is 33.0 Å². The smallest absolute Gasteiger partial charge is 0.311 e. The van der Waals surface area contributed by atoms with Gasteiger partial charge >= 0.3 is 5.97 Å². The van der Waals surface area contributed by atoms with E-state index in [1.165, 1.54) is 23.9 Å². The van der Waals surface area contributed by atoms with E-state index in [9.17, 15) is 22.4 Å². The number of halogens is 1. The Hall–Kier alpha value is -4.81. The van der Waals surface area contributed by atoms with Crippen LogP contribution in [0.3, 0.4) is 0 Å². The molecule has 0 saturated heterocycles. The highest BCUT2D eigenvalue weighted by Crippen LogP contribution is 2.29. The fraction of sp³-hybridized carbons (Fsp3) is 0.303. The van der Waals surface area contributed by atoms with Crippen LogP contribution in [0.2, 0.25) is 0 Å². The van der Waals surface area contributed by atoms with Crippen LogP contribution in [0.5, 0.6) is 11.5 Å². The third-order valence-corrected chi connectivity index (χ3v) is 9.73. The molecule has 2 aromatic heterocycles. The number of primary sulfonamides is 1. The normalized spacial score (nSPS) is 12.8. The second-order valence-corrected chi connectivity index (χ2v) is 13.9. The summed E-state index contributed by atoms with van der Waals surface area (Å²) in [6, 6.07) is 16.7. The summed E-state index contributed by atoms with van der Waals surface area (Å²) < 4.78 is 60.8. The van der Waals surface area contributed by atoms with Crippen LogP contribution in [0.4, 0.5) is 4.39 Å². The Balaban J connectivity index is 1.28. The number of aliphatic hydroxyl groups excluding tert-OH is 1. The summed E-state index contributed by atoms with van der Waals surface area (Å²) in [5, 5.41) is 22.5. The van der Waals surface area contributed by atoms with Gasteiger partial charge in [-0.1, -0.05) is 29.5 Å². The standard InChI is InChI=1S/C33H34FN5O9S2/c1-45-32(42)23(19-46-18-22-3-2-4-26(13-22)47-12-11-40)15-30(41)29(14-21-5-7-24(34)8-6-21)39-17-25(37-38-39)20-48-27-9-10-28-31(16-27)49-33(36-28)50(35,43)44/h2-10,13,16-17,23,29,40H,11-12,14-15,18-20H2,1H3,(H2,35,43,44)/t23-,29-/m0/s1. The molecule has 0 aliphatic heterocycles. The van der Waals surface area contributed by atoms with Crippen molar-refractivity contribution >= 4 is 43.3 Å². The minimum atomic E-state index is -3.95. The van der Waals surface area contributed by atoms with E-state index in [4.69, 9.17) is 29.2 Å². The van der Waals surface area contributed by atoms with Gasteiger partial charge in [0.1, 0.15) is 42.3 Å². The molecule has 264 valence electrons. The monoisotopic (exact) mass is 727 g/mol. The number of Topliss-reactive ketones (excluding diaryl/α,β-unsaturated/α-hetero) is 1. The third kappa shape index (κ3) is 9.88. The molecule has 3 N–H and O–H groups in total. The quantitative estimate of drug-likeness (QED) is 0.125. The summed E-state index contributed by atoms with van der Waals surface area (Å²) in [7, 11) is -2.72. The van der Waals surface area contributed by atoms with Crippen molar-refractivity contribution in [2.45, 2.75) is 36.4 Å². The van der Waals surface area contributed by atoms with Crippen LogP contribution in [0, 0.1) is 11.7 Å². The Morgan fingerprint density at radius 1 is 1.02 bits per heavy atom. The largest absolute Gasteiger partial charge is 0.491 e. The lowest BCUT2D eigenvalue weighted by molar-refractivity contribution is -0.150. The molecule has 50 heavy (non-hydrogen) atoms. The molecule has 0 aliphatic rings.